The van der Waals surface area contributed by atoms with E-state index in [2.05, 4.69) is 53.3 Å². The van der Waals surface area contributed by atoms with E-state index in [4.69, 9.17) is 11.6 Å². The van der Waals surface area contributed by atoms with Crippen molar-refractivity contribution >= 4 is 34.8 Å². The fraction of sp³-hybridized carbons (Fsp3) is 0.440. The van der Waals surface area contributed by atoms with E-state index >= 15 is 0 Å². The number of nitrogens with zero attached hydrogens (tertiary/aromatic N) is 2. The van der Waals surface area contributed by atoms with Gasteiger partial charge in [0.1, 0.15) is 0 Å². The number of amides is 2. The van der Waals surface area contributed by atoms with Gasteiger partial charge in [0.05, 0.1) is 23.3 Å². The predicted molar refractivity (Wildman–Crippen MR) is 131 cm³/mol. The number of carbonyl (C=O) groups excluding carboxylic acids is 2. The second-order valence-corrected chi connectivity index (χ2v) is 9.74. The lowest BCUT2D eigenvalue weighted by molar-refractivity contribution is -0.122. The molecule has 0 radical (unpaired) electrons. The number of hydrogen-bond acceptors (Lipinski definition) is 4. The molecule has 2 aromatic rings. The standard InChI is InChI=1S/C25H33ClN4O2/c1-18(24(32)27-20-11-9-19(10-12-20)25(2,3)4)30-15-13-29(14-16-30)17-23(31)28-22-8-6-5-7-21(22)26/h5-12,18H,13-17H2,1-4H3,(H,27,32)(H,28,31). The van der Waals surface area contributed by atoms with Crippen LogP contribution in [0.1, 0.15) is 33.3 Å². The molecule has 0 saturated carbocycles. The van der Waals surface area contributed by atoms with Gasteiger partial charge in [-0.25, -0.2) is 0 Å². The van der Waals surface area contributed by atoms with Crippen LogP contribution in [0.2, 0.25) is 5.02 Å². The molecule has 2 amide bonds. The molecule has 32 heavy (non-hydrogen) atoms. The van der Waals surface area contributed by atoms with Gasteiger partial charge in [-0.05, 0) is 42.2 Å². The highest BCUT2D eigenvalue weighted by Gasteiger charge is 2.26. The van der Waals surface area contributed by atoms with Crippen molar-refractivity contribution in [3.63, 3.8) is 0 Å². The van der Waals surface area contributed by atoms with Gasteiger partial charge in [0, 0.05) is 31.9 Å². The number of anilines is 2. The fourth-order valence-corrected chi connectivity index (χ4v) is 3.91. The van der Waals surface area contributed by atoms with Gasteiger partial charge >= 0.3 is 0 Å². The Morgan fingerprint density at radius 3 is 2.19 bits per heavy atom. The maximum atomic E-state index is 12.7. The molecule has 1 aliphatic heterocycles. The molecule has 1 unspecified atom stereocenters. The molecule has 1 aliphatic rings. The molecule has 1 saturated heterocycles. The lowest BCUT2D eigenvalue weighted by atomic mass is 9.87. The summed E-state index contributed by atoms with van der Waals surface area (Å²) in [5.41, 5.74) is 2.75. The van der Waals surface area contributed by atoms with Crippen LogP contribution >= 0.6 is 11.6 Å². The zero-order valence-corrected chi connectivity index (χ0v) is 20.1. The molecular weight excluding hydrogens is 424 g/mol. The van der Waals surface area contributed by atoms with Gasteiger partial charge < -0.3 is 10.6 Å². The average Bonchev–Trinajstić information content (AvgIpc) is 2.75. The van der Waals surface area contributed by atoms with E-state index in [1.165, 1.54) is 5.56 Å². The van der Waals surface area contributed by atoms with Crippen LogP contribution in [0.5, 0.6) is 0 Å². The van der Waals surface area contributed by atoms with Crippen LogP contribution in [0.3, 0.4) is 0 Å². The second kappa shape index (κ2) is 10.5. The Balaban J connectivity index is 1.45. The first-order valence-electron chi connectivity index (χ1n) is 11.1. The summed E-state index contributed by atoms with van der Waals surface area (Å²) in [6, 6.07) is 15.0. The molecule has 1 atom stereocenters. The molecule has 3 rings (SSSR count). The normalized spacial score (nSPS) is 16.4. The summed E-state index contributed by atoms with van der Waals surface area (Å²) < 4.78 is 0. The maximum absolute atomic E-state index is 12.7. The van der Waals surface area contributed by atoms with Crippen molar-refractivity contribution in [3.05, 3.63) is 59.1 Å². The van der Waals surface area contributed by atoms with E-state index in [1.54, 1.807) is 12.1 Å². The lowest BCUT2D eigenvalue weighted by Gasteiger charge is -2.37. The van der Waals surface area contributed by atoms with Gasteiger partial charge in [0.15, 0.2) is 0 Å². The molecule has 2 aromatic carbocycles. The number of para-hydroxylation sites is 1. The zero-order valence-electron chi connectivity index (χ0n) is 19.3. The van der Waals surface area contributed by atoms with Crippen molar-refractivity contribution in [3.8, 4) is 0 Å². The molecule has 7 heteroatoms. The molecule has 0 spiro atoms. The molecule has 0 bridgehead atoms. The summed E-state index contributed by atoms with van der Waals surface area (Å²) >= 11 is 6.11. The average molecular weight is 457 g/mol. The van der Waals surface area contributed by atoms with E-state index < -0.39 is 0 Å². The molecule has 0 aromatic heterocycles. The molecule has 2 N–H and O–H groups in total. The number of rotatable bonds is 6. The number of nitrogens with one attached hydrogen (secondary N) is 2. The third-order valence-electron chi connectivity index (χ3n) is 5.87. The van der Waals surface area contributed by atoms with Crippen molar-refractivity contribution in [1.29, 1.82) is 0 Å². The first kappa shape index (κ1) is 24.2. The quantitative estimate of drug-likeness (QED) is 0.683. The molecule has 0 aliphatic carbocycles. The second-order valence-electron chi connectivity index (χ2n) is 9.33. The third kappa shape index (κ3) is 6.55. The highest BCUT2D eigenvalue weighted by Crippen LogP contribution is 2.24. The van der Waals surface area contributed by atoms with Crippen LogP contribution in [-0.4, -0.2) is 60.4 Å². The highest BCUT2D eigenvalue weighted by atomic mass is 35.5. The molecule has 1 heterocycles. The maximum Gasteiger partial charge on any atom is 0.241 e. The van der Waals surface area contributed by atoms with Gasteiger partial charge in [-0.3, -0.25) is 19.4 Å². The number of piperazine rings is 1. The van der Waals surface area contributed by atoms with E-state index in [0.29, 0.717) is 17.3 Å². The Kier molecular flexibility index (Phi) is 7.93. The van der Waals surface area contributed by atoms with E-state index in [9.17, 15) is 9.59 Å². The van der Waals surface area contributed by atoms with Crippen molar-refractivity contribution in [1.82, 2.24) is 9.80 Å². The van der Waals surface area contributed by atoms with Crippen molar-refractivity contribution in [2.24, 2.45) is 0 Å². The molecule has 1 fully saturated rings. The minimum Gasteiger partial charge on any atom is -0.325 e. The summed E-state index contributed by atoms with van der Waals surface area (Å²) in [5, 5.41) is 6.41. The van der Waals surface area contributed by atoms with Crippen LogP contribution in [0, 0.1) is 0 Å². The lowest BCUT2D eigenvalue weighted by Crippen LogP contribution is -2.53. The topological polar surface area (TPSA) is 64.7 Å². The predicted octanol–water partition coefficient (Wildman–Crippen LogP) is 4.22. The molecule has 172 valence electrons. The van der Waals surface area contributed by atoms with Crippen molar-refractivity contribution in [2.75, 3.05) is 43.4 Å². The Morgan fingerprint density at radius 2 is 1.59 bits per heavy atom. The summed E-state index contributed by atoms with van der Waals surface area (Å²) in [5.74, 6) is -0.102. The fourth-order valence-electron chi connectivity index (χ4n) is 3.73. The van der Waals surface area contributed by atoms with E-state index in [0.717, 1.165) is 31.9 Å². The van der Waals surface area contributed by atoms with Gasteiger partial charge in [-0.15, -0.1) is 0 Å². The van der Waals surface area contributed by atoms with Crippen LogP contribution in [0.15, 0.2) is 48.5 Å². The van der Waals surface area contributed by atoms with Crippen LogP contribution in [0.25, 0.3) is 0 Å². The monoisotopic (exact) mass is 456 g/mol. The highest BCUT2D eigenvalue weighted by molar-refractivity contribution is 6.33. The Bertz CT molecular complexity index is 932. The van der Waals surface area contributed by atoms with Gasteiger partial charge in [-0.2, -0.15) is 0 Å². The third-order valence-corrected chi connectivity index (χ3v) is 6.20. The van der Waals surface area contributed by atoms with Crippen LogP contribution in [-0.2, 0) is 15.0 Å². The summed E-state index contributed by atoms with van der Waals surface area (Å²) in [4.78, 5) is 29.4. The summed E-state index contributed by atoms with van der Waals surface area (Å²) in [7, 11) is 0. The molecule has 6 nitrogen and oxygen atoms in total. The number of carbonyl (C=O) groups is 2. The largest absolute Gasteiger partial charge is 0.325 e. The van der Waals surface area contributed by atoms with Crippen molar-refractivity contribution < 1.29 is 9.59 Å². The van der Waals surface area contributed by atoms with Gasteiger partial charge in [0.25, 0.3) is 0 Å². The molecular formula is C25H33ClN4O2. The first-order chi connectivity index (χ1) is 15.1. The zero-order chi connectivity index (χ0) is 23.3. The van der Waals surface area contributed by atoms with Gasteiger partial charge in [0.2, 0.25) is 11.8 Å². The van der Waals surface area contributed by atoms with E-state index in [1.807, 2.05) is 31.2 Å². The van der Waals surface area contributed by atoms with Crippen molar-refractivity contribution in [2.45, 2.75) is 39.2 Å². The SMILES string of the molecule is CC(C(=O)Nc1ccc(C(C)(C)C)cc1)N1CCN(CC(=O)Nc2ccccc2Cl)CC1. The number of benzene rings is 2. The Hall–Kier alpha value is -2.41. The smallest absolute Gasteiger partial charge is 0.241 e. The minimum atomic E-state index is -0.239. The number of hydrogen-bond donors (Lipinski definition) is 2. The summed E-state index contributed by atoms with van der Waals surface area (Å²) in [6.07, 6.45) is 0. The van der Waals surface area contributed by atoms with Gasteiger partial charge in [-0.1, -0.05) is 56.6 Å². The van der Waals surface area contributed by atoms with Crippen LogP contribution in [0.4, 0.5) is 11.4 Å². The minimum absolute atomic E-state index is 0.0154. The first-order valence-corrected chi connectivity index (χ1v) is 11.4. The van der Waals surface area contributed by atoms with E-state index in [-0.39, 0.29) is 23.3 Å². The number of halogens is 1. The summed E-state index contributed by atoms with van der Waals surface area (Å²) in [6.45, 7) is 11.7. The Labute approximate surface area is 195 Å². The van der Waals surface area contributed by atoms with Crippen LogP contribution < -0.4 is 10.6 Å². The Morgan fingerprint density at radius 1 is 0.969 bits per heavy atom.